The molecule has 0 bridgehead atoms. The van der Waals surface area contributed by atoms with Crippen LogP contribution in [0.4, 0.5) is 17.2 Å². The second kappa shape index (κ2) is 6.74. The van der Waals surface area contributed by atoms with Crippen LogP contribution in [0.1, 0.15) is 17.3 Å². The third-order valence-electron chi connectivity index (χ3n) is 3.02. The summed E-state index contributed by atoms with van der Waals surface area (Å²) in [6.45, 7) is 2.68. The van der Waals surface area contributed by atoms with Crippen molar-refractivity contribution < 1.29 is 4.79 Å². The van der Waals surface area contributed by atoms with E-state index in [1.807, 2.05) is 50.2 Å². The topological polar surface area (TPSA) is 57.3 Å². The van der Waals surface area contributed by atoms with Crippen LogP contribution < -0.4 is 15.5 Å². The number of hydrogen-bond acceptors (Lipinski definition) is 4. The van der Waals surface area contributed by atoms with E-state index in [4.69, 9.17) is 0 Å². The van der Waals surface area contributed by atoms with Crippen LogP contribution >= 0.6 is 0 Å². The normalized spacial score (nSPS) is 10.0. The highest BCUT2D eigenvalue weighted by atomic mass is 16.1. The highest BCUT2D eigenvalue weighted by Crippen LogP contribution is 2.19. The van der Waals surface area contributed by atoms with Gasteiger partial charge in [0.15, 0.2) is 0 Å². The van der Waals surface area contributed by atoms with Crippen LogP contribution in [0, 0.1) is 0 Å². The fraction of sp³-hybridized carbons (Fsp3) is 0.250. The number of nitrogens with one attached hydrogen (secondary N) is 2. The molecular formula is C16H20N4O. The molecule has 0 saturated heterocycles. The molecule has 21 heavy (non-hydrogen) atoms. The maximum absolute atomic E-state index is 12.4. The minimum Gasteiger partial charge on any atom is -0.378 e. The Bertz CT molecular complexity index is 625. The molecule has 1 aromatic heterocycles. The average Bonchev–Trinajstić information content (AvgIpc) is 2.48. The first-order valence-electron chi connectivity index (χ1n) is 6.89. The molecule has 0 unspecified atom stereocenters. The molecule has 1 amide bonds. The Hall–Kier alpha value is -2.56. The molecule has 110 valence electrons. The molecule has 5 nitrogen and oxygen atoms in total. The van der Waals surface area contributed by atoms with E-state index in [0.717, 1.165) is 11.4 Å². The minimum atomic E-state index is -0.171. The van der Waals surface area contributed by atoms with Gasteiger partial charge in [0.25, 0.3) is 5.91 Å². The number of rotatable bonds is 5. The van der Waals surface area contributed by atoms with Gasteiger partial charge in [-0.05, 0) is 37.3 Å². The molecule has 0 radical (unpaired) electrons. The van der Waals surface area contributed by atoms with Crippen LogP contribution in [0.2, 0.25) is 0 Å². The van der Waals surface area contributed by atoms with E-state index in [-0.39, 0.29) is 5.91 Å². The van der Waals surface area contributed by atoms with Gasteiger partial charge in [0, 0.05) is 38.2 Å². The summed E-state index contributed by atoms with van der Waals surface area (Å²) in [5.74, 6) is 0.427. The smallest absolute Gasteiger partial charge is 0.259 e. The van der Waals surface area contributed by atoms with Gasteiger partial charge in [-0.3, -0.25) is 4.79 Å². The summed E-state index contributed by atoms with van der Waals surface area (Å²) in [5, 5.41) is 6.00. The van der Waals surface area contributed by atoms with Gasteiger partial charge in [-0.1, -0.05) is 6.07 Å². The van der Waals surface area contributed by atoms with Gasteiger partial charge < -0.3 is 15.5 Å². The van der Waals surface area contributed by atoms with Crippen molar-refractivity contribution in [3.63, 3.8) is 0 Å². The van der Waals surface area contributed by atoms with Gasteiger partial charge >= 0.3 is 0 Å². The van der Waals surface area contributed by atoms with E-state index in [9.17, 15) is 4.79 Å². The van der Waals surface area contributed by atoms with Crippen LogP contribution in [-0.4, -0.2) is 31.5 Å². The second-order valence-corrected chi connectivity index (χ2v) is 4.83. The molecule has 0 spiro atoms. The van der Waals surface area contributed by atoms with Gasteiger partial charge in [-0.25, -0.2) is 4.98 Å². The fourth-order valence-corrected chi connectivity index (χ4v) is 1.96. The Labute approximate surface area is 125 Å². The number of amides is 1. The summed E-state index contributed by atoms with van der Waals surface area (Å²) in [6.07, 6.45) is 1.67. The summed E-state index contributed by atoms with van der Waals surface area (Å²) >= 11 is 0. The molecule has 0 aliphatic heterocycles. The van der Waals surface area contributed by atoms with Crippen molar-refractivity contribution in [3.8, 4) is 0 Å². The van der Waals surface area contributed by atoms with Crippen molar-refractivity contribution in [2.75, 3.05) is 36.2 Å². The first-order chi connectivity index (χ1) is 10.1. The zero-order chi connectivity index (χ0) is 15.2. The Kier molecular flexibility index (Phi) is 4.77. The number of pyridine rings is 1. The van der Waals surface area contributed by atoms with Gasteiger partial charge in [0.05, 0.1) is 5.56 Å². The lowest BCUT2D eigenvalue weighted by atomic mass is 10.2. The van der Waals surface area contributed by atoms with Gasteiger partial charge in [0.2, 0.25) is 0 Å². The molecule has 2 N–H and O–H groups in total. The quantitative estimate of drug-likeness (QED) is 0.886. The van der Waals surface area contributed by atoms with Crippen LogP contribution in [0.15, 0.2) is 42.6 Å². The van der Waals surface area contributed by atoms with Crippen molar-refractivity contribution in [3.05, 3.63) is 48.2 Å². The number of aromatic nitrogens is 1. The van der Waals surface area contributed by atoms with E-state index in [2.05, 4.69) is 15.6 Å². The number of carbonyl (C=O) groups is 1. The maximum atomic E-state index is 12.4. The van der Waals surface area contributed by atoms with E-state index in [1.54, 1.807) is 18.3 Å². The molecule has 2 aromatic rings. The third kappa shape index (κ3) is 3.72. The predicted molar refractivity (Wildman–Crippen MR) is 87.1 cm³/mol. The molecule has 5 heteroatoms. The van der Waals surface area contributed by atoms with Gasteiger partial charge in [-0.2, -0.15) is 0 Å². The van der Waals surface area contributed by atoms with Crippen molar-refractivity contribution in [1.82, 2.24) is 4.98 Å². The molecule has 1 heterocycles. The molecule has 0 atom stereocenters. The van der Waals surface area contributed by atoms with Gasteiger partial charge in [0.1, 0.15) is 5.82 Å². The molecule has 1 aromatic carbocycles. The van der Waals surface area contributed by atoms with Crippen LogP contribution in [0.25, 0.3) is 0 Å². The van der Waals surface area contributed by atoms with Crippen molar-refractivity contribution in [2.45, 2.75) is 6.92 Å². The molecular weight excluding hydrogens is 264 g/mol. The number of benzene rings is 1. The average molecular weight is 284 g/mol. The summed E-state index contributed by atoms with van der Waals surface area (Å²) in [5.41, 5.74) is 2.33. The Morgan fingerprint density at radius 2 is 2.05 bits per heavy atom. The van der Waals surface area contributed by atoms with E-state index >= 15 is 0 Å². The first-order valence-corrected chi connectivity index (χ1v) is 6.89. The van der Waals surface area contributed by atoms with E-state index < -0.39 is 0 Å². The molecule has 0 aliphatic carbocycles. The predicted octanol–water partition coefficient (Wildman–Crippen LogP) is 2.83. The maximum Gasteiger partial charge on any atom is 0.259 e. The van der Waals surface area contributed by atoms with Crippen LogP contribution in [0.3, 0.4) is 0 Å². The van der Waals surface area contributed by atoms with Crippen molar-refractivity contribution >= 4 is 23.1 Å². The Morgan fingerprint density at radius 3 is 2.76 bits per heavy atom. The largest absolute Gasteiger partial charge is 0.378 e. The molecule has 2 rings (SSSR count). The molecule has 0 saturated carbocycles. The third-order valence-corrected chi connectivity index (χ3v) is 3.02. The van der Waals surface area contributed by atoms with Crippen molar-refractivity contribution in [1.29, 1.82) is 0 Å². The number of anilines is 3. The standard InChI is InChI=1S/C16H20N4O/c1-4-17-15-14(9-6-10-18-15)16(21)19-12-7-5-8-13(11-12)20(2)3/h5-11H,4H2,1-3H3,(H,17,18)(H,19,21). The number of hydrogen-bond donors (Lipinski definition) is 2. The highest BCUT2D eigenvalue weighted by molar-refractivity contribution is 6.07. The zero-order valence-corrected chi connectivity index (χ0v) is 12.6. The second-order valence-electron chi connectivity index (χ2n) is 4.83. The zero-order valence-electron chi connectivity index (χ0n) is 12.6. The lowest BCUT2D eigenvalue weighted by molar-refractivity contribution is 0.102. The summed E-state index contributed by atoms with van der Waals surface area (Å²) < 4.78 is 0. The van der Waals surface area contributed by atoms with Crippen molar-refractivity contribution in [2.24, 2.45) is 0 Å². The van der Waals surface area contributed by atoms with Crippen LogP contribution in [-0.2, 0) is 0 Å². The SMILES string of the molecule is CCNc1ncccc1C(=O)Nc1cccc(N(C)C)c1. The van der Waals surface area contributed by atoms with Crippen LogP contribution in [0.5, 0.6) is 0 Å². The first kappa shape index (κ1) is 14.8. The monoisotopic (exact) mass is 284 g/mol. The lowest BCUT2D eigenvalue weighted by Gasteiger charge is -2.14. The number of carbonyl (C=O) groups excluding carboxylic acids is 1. The lowest BCUT2D eigenvalue weighted by Crippen LogP contribution is -2.16. The van der Waals surface area contributed by atoms with E-state index in [0.29, 0.717) is 17.9 Å². The summed E-state index contributed by atoms with van der Waals surface area (Å²) in [7, 11) is 3.93. The summed E-state index contributed by atoms with van der Waals surface area (Å²) in [4.78, 5) is 18.6. The fourth-order valence-electron chi connectivity index (χ4n) is 1.96. The molecule has 0 aliphatic rings. The van der Waals surface area contributed by atoms with E-state index in [1.165, 1.54) is 0 Å². The Balaban J connectivity index is 2.20. The number of nitrogens with zero attached hydrogens (tertiary/aromatic N) is 2. The minimum absolute atomic E-state index is 0.171. The Morgan fingerprint density at radius 1 is 1.24 bits per heavy atom. The highest BCUT2D eigenvalue weighted by Gasteiger charge is 2.12. The summed E-state index contributed by atoms with van der Waals surface area (Å²) in [6, 6.07) is 11.2. The molecule has 0 fully saturated rings. The van der Waals surface area contributed by atoms with Gasteiger partial charge in [-0.15, -0.1) is 0 Å².